The topological polar surface area (TPSA) is 82.5 Å². The van der Waals surface area contributed by atoms with Gasteiger partial charge in [-0.25, -0.2) is 9.78 Å². The fraction of sp³-hybridized carbons (Fsp3) is 0. The molecule has 3 aromatic rings. The summed E-state index contributed by atoms with van der Waals surface area (Å²) in [5, 5.41) is 23.4. The molecule has 0 aliphatic carbocycles. The number of phenols is 1. The summed E-state index contributed by atoms with van der Waals surface area (Å²) >= 11 is 0. The number of carboxylic acid groups (broad SMARTS) is 1. The number of aromatic hydroxyl groups is 1. The largest absolute Gasteiger partial charge is 0.508 e. The highest BCUT2D eigenvalue weighted by Gasteiger charge is 2.06. The molecule has 104 valence electrons. The summed E-state index contributed by atoms with van der Waals surface area (Å²) in [5.74, 6) is -0.272. The molecule has 21 heavy (non-hydrogen) atoms. The zero-order valence-corrected chi connectivity index (χ0v) is 10.9. The molecule has 0 radical (unpaired) electrons. The first-order valence-corrected chi connectivity index (χ1v) is 6.31. The van der Waals surface area contributed by atoms with Crippen LogP contribution in [0.2, 0.25) is 0 Å². The van der Waals surface area contributed by atoms with Crippen LogP contribution in [0.3, 0.4) is 0 Å². The van der Waals surface area contributed by atoms with E-state index in [-0.39, 0.29) is 11.3 Å². The predicted octanol–water partition coefficient (Wildman–Crippen LogP) is 3.38. The van der Waals surface area contributed by atoms with Crippen LogP contribution in [0.15, 0.2) is 54.7 Å². The van der Waals surface area contributed by atoms with Crippen LogP contribution in [-0.4, -0.2) is 21.2 Å². The van der Waals surface area contributed by atoms with Gasteiger partial charge in [0.25, 0.3) is 0 Å². The van der Waals surface area contributed by atoms with Gasteiger partial charge in [-0.1, -0.05) is 12.1 Å². The molecule has 0 saturated heterocycles. The van der Waals surface area contributed by atoms with Gasteiger partial charge in [0.2, 0.25) is 0 Å². The van der Waals surface area contributed by atoms with Crippen LogP contribution in [0.4, 0.5) is 11.5 Å². The molecule has 5 nitrogen and oxygen atoms in total. The van der Waals surface area contributed by atoms with E-state index >= 15 is 0 Å². The van der Waals surface area contributed by atoms with E-state index in [0.717, 1.165) is 10.8 Å². The van der Waals surface area contributed by atoms with Gasteiger partial charge in [-0.15, -0.1) is 0 Å². The molecule has 5 heteroatoms. The molecule has 3 N–H and O–H groups in total. The highest BCUT2D eigenvalue weighted by molar-refractivity contribution is 5.95. The Hall–Kier alpha value is -3.08. The number of benzene rings is 2. The summed E-state index contributed by atoms with van der Waals surface area (Å²) in [6.45, 7) is 0. The molecule has 1 aromatic heterocycles. The second-order valence-electron chi connectivity index (χ2n) is 4.58. The smallest absolute Gasteiger partial charge is 0.335 e. The Bertz CT molecular complexity index is 831. The maximum absolute atomic E-state index is 11.0. The molecular weight excluding hydrogens is 268 g/mol. The van der Waals surface area contributed by atoms with Crippen LogP contribution < -0.4 is 5.32 Å². The fourth-order valence-electron chi connectivity index (χ4n) is 2.12. The standard InChI is InChI=1S/C16H12N2O3/c19-13-5-4-10-6-7-17-15(14(10)9-13)18-12-3-1-2-11(8-12)16(20)21/h1-9,19H,(H,17,18)(H,20,21). The van der Waals surface area contributed by atoms with Gasteiger partial charge >= 0.3 is 5.97 Å². The van der Waals surface area contributed by atoms with E-state index in [1.807, 2.05) is 6.07 Å². The van der Waals surface area contributed by atoms with Crippen LogP contribution in [-0.2, 0) is 0 Å². The molecule has 0 atom stereocenters. The Balaban J connectivity index is 2.04. The Kier molecular flexibility index (Phi) is 3.16. The number of rotatable bonds is 3. The second-order valence-corrected chi connectivity index (χ2v) is 4.58. The van der Waals surface area contributed by atoms with E-state index in [9.17, 15) is 9.90 Å². The molecule has 0 fully saturated rings. The van der Waals surface area contributed by atoms with E-state index in [4.69, 9.17) is 5.11 Å². The lowest BCUT2D eigenvalue weighted by atomic mass is 10.1. The van der Waals surface area contributed by atoms with E-state index in [2.05, 4.69) is 10.3 Å². The second kappa shape index (κ2) is 5.13. The van der Waals surface area contributed by atoms with Crippen LogP contribution in [0, 0.1) is 0 Å². The third kappa shape index (κ3) is 2.62. The van der Waals surface area contributed by atoms with E-state index in [1.54, 1.807) is 36.5 Å². The summed E-state index contributed by atoms with van der Waals surface area (Å²) in [4.78, 5) is 15.2. The number of carboxylic acids is 1. The van der Waals surface area contributed by atoms with Crippen molar-refractivity contribution in [2.24, 2.45) is 0 Å². The van der Waals surface area contributed by atoms with Crippen LogP contribution in [0.5, 0.6) is 5.75 Å². The van der Waals surface area contributed by atoms with Gasteiger partial charge in [-0.2, -0.15) is 0 Å². The third-order valence-electron chi connectivity index (χ3n) is 3.12. The highest BCUT2D eigenvalue weighted by atomic mass is 16.4. The van der Waals surface area contributed by atoms with Gasteiger partial charge in [-0.05, 0) is 41.8 Å². The molecule has 0 spiro atoms. The van der Waals surface area contributed by atoms with Gasteiger partial charge < -0.3 is 15.5 Å². The Morgan fingerprint density at radius 1 is 1.10 bits per heavy atom. The van der Waals surface area contributed by atoms with Crippen molar-refractivity contribution < 1.29 is 15.0 Å². The van der Waals surface area contributed by atoms with Crippen molar-refractivity contribution in [2.75, 3.05) is 5.32 Å². The summed E-state index contributed by atoms with van der Waals surface area (Å²) < 4.78 is 0. The number of nitrogens with one attached hydrogen (secondary N) is 1. The Labute approximate surface area is 120 Å². The number of hydrogen-bond donors (Lipinski definition) is 3. The number of nitrogens with zero attached hydrogens (tertiary/aromatic N) is 1. The molecule has 0 aliphatic heterocycles. The van der Waals surface area contributed by atoms with Crippen LogP contribution >= 0.6 is 0 Å². The maximum atomic E-state index is 11.0. The number of pyridine rings is 1. The SMILES string of the molecule is O=C(O)c1cccc(Nc2nccc3ccc(O)cc23)c1. The minimum Gasteiger partial charge on any atom is -0.508 e. The lowest BCUT2D eigenvalue weighted by molar-refractivity contribution is 0.0697. The lowest BCUT2D eigenvalue weighted by Crippen LogP contribution is -1.99. The number of carbonyl (C=O) groups is 1. The molecule has 3 rings (SSSR count). The summed E-state index contributed by atoms with van der Waals surface area (Å²) in [5.41, 5.74) is 0.821. The first kappa shape index (κ1) is 12.9. The molecular formula is C16H12N2O3. The lowest BCUT2D eigenvalue weighted by Gasteiger charge is -2.09. The summed E-state index contributed by atoms with van der Waals surface area (Å²) in [7, 11) is 0. The molecule has 0 bridgehead atoms. The minimum absolute atomic E-state index is 0.151. The third-order valence-corrected chi connectivity index (χ3v) is 3.12. The minimum atomic E-state index is -0.984. The van der Waals surface area contributed by atoms with Crippen molar-refractivity contribution in [1.82, 2.24) is 4.98 Å². The van der Waals surface area contributed by atoms with Gasteiger partial charge in [0.05, 0.1) is 5.56 Å². The zero-order chi connectivity index (χ0) is 14.8. The average Bonchev–Trinajstić information content (AvgIpc) is 2.48. The molecule has 0 aliphatic rings. The maximum Gasteiger partial charge on any atom is 0.335 e. The van der Waals surface area contributed by atoms with Crippen molar-refractivity contribution in [3.05, 3.63) is 60.3 Å². The summed E-state index contributed by atoms with van der Waals surface area (Å²) in [6, 6.07) is 13.3. The van der Waals surface area contributed by atoms with Crippen LogP contribution in [0.1, 0.15) is 10.4 Å². The van der Waals surface area contributed by atoms with E-state index < -0.39 is 5.97 Å². The monoisotopic (exact) mass is 280 g/mol. The van der Waals surface area contributed by atoms with E-state index in [0.29, 0.717) is 11.5 Å². The zero-order valence-electron chi connectivity index (χ0n) is 10.9. The summed E-state index contributed by atoms with van der Waals surface area (Å²) in [6.07, 6.45) is 1.66. The number of fused-ring (bicyclic) bond motifs is 1. The average molecular weight is 280 g/mol. The van der Waals surface area contributed by atoms with Crippen molar-refractivity contribution in [3.63, 3.8) is 0 Å². The van der Waals surface area contributed by atoms with Gasteiger partial charge in [0.1, 0.15) is 11.6 Å². The molecule has 0 saturated carbocycles. The predicted molar refractivity (Wildman–Crippen MR) is 80.1 cm³/mol. The van der Waals surface area contributed by atoms with Crippen LogP contribution in [0.25, 0.3) is 10.8 Å². The van der Waals surface area contributed by atoms with Gasteiger partial charge in [0, 0.05) is 17.3 Å². The van der Waals surface area contributed by atoms with Crippen molar-refractivity contribution in [3.8, 4) is 5.75 Å². The first-order valence-electron chi connectivity index (χ1n) is 6.31. The number of anilines is 2. The number of hydrogen-bond acceptors (Lipinski definition) is 4. The molecule has 0 unspecified atom stereocenters. The fourth-order valence-corrected chi connectivity index (χ4v) is 2.12. The quantitative estimate of drug-likeness (QED) is 0.685. The molecule has 0 amide bonds. The van der Waals surface area contributed by atoms with E-state index in [1.165, 1.54) is 12.1 Å². The van der Waals surface area contributed by atoms with Crippen molar-refractivity contribution >= 4 is 28.2 Å². The van der Waals surface area contributed by atoms with Gasteiger partial charge in [0.15, 0.2) is 0 Å². The highest BCUT2D eigenvalue weighted by Crippen LogP contribution is 2.27. The Morgan fingerprint density at radius 3 is 2.76 bits per heavy atom. The number of phenolic OH excluding ortho intramolecular Hbond substituents is 1. The first-order chi connectivity index (χ1) is 10.1. The number of aromatic carboxylic acids is 1. The van der Waals surface area contributed by atoms with Gasteiger partial charge in [-0.3, -0.25) is 0 Å². The molecule has 1 heterocycles. The normalized spacial score (nSPS) is 10.5. The number of aromatic nitrogens is 1. The van der Waals surface area contributed by atoms with Crippen molar-refractivity contribution in [1.29, 1.82) is 0 Å². The van der Waals surface area contributed by atoms with Crippen molar-refractivity contribution in [2.45, 2.75) is 0 Å². The Morgan fingerprint density at radius 2 is 1.95 bits per heavy atom. The molecule has 2 aromatic carbocycles.